The summed E-state index contributed by atoms with van der Waals surface area (Å²) in [6.45, 7) is 9.35. The molecule has 0 aliphatic heterocycles. The molecular formula is C14H26N2O3S2. The predicted molar refractivity (Wildman–Crippen MR) is 87.3 cm³/mol. The zero-order chi connectivity index (χ0) is 16.0. The van der Waals surface area contributed by atoms with Crippen LogP contribution in [0, 0.1) is 12.8 Å². The maximum atomic E-state index is 12.6. The highest BCUT2D eigenvalue weighted by Gasteiger charge is 2.25. The highest BCUT2D eigenvalue weighted by molar-refractivity contribution is 7.89. The number of ether oxygens (including phenoxy) is 1. The van der Waals surface area contributed by atoms with E-state index in [4.69, 9.17) is 4.74 Å². The topological polar surface area (TPSA) is 67.4 Å². The van der Waals surface area contributed by atoms with Crippen LogP contribution in [0.15, 0.2) is 11.0 Å². The van der Waals surface area contributed by atoms with E-state index in [0.29, 0.717) is 24.7 Å². The quantitative estimate of drug-likeness (QED) is 0.726. The first-order valence-corrected chi connectivity index (χ1v) is 9.45. The molecule has 0 bridgehead atoms. The highest BCUT2D eigenvalue weighted by Crippen LogP contribution is 2.26. The molecule has 0 fully saturated rings. The second kappa shape index (κ2) is 8.24. The molecule has 0 radical (unpaired) electrons. The van der Waals surface area contributed by atoms with Crippen molar-refractivity contribution < 1.29 is 13.2 Å². The summed E-state index contributed by atoms with van der Waals surface area (Å²) in [5.74, 6) is 0.169. The minimum atomic E-state index is -3.51. The molecule has 7 heteroatoms. The number of aryl methyl sites for hydroxylation is 1. The molecule has 1 aromatic heterocycles. The van der Waals surface area contributed by atoms with E-state index in [2.05, 4.69) is 10.0 Å². The largest absolute Gasteiger partial charge is 0.380 e. The van der Waals surface area contributed by atoms with Crippen molar-refractivity contribution in [2.45, 2.75) is 45.2 Å². The first-order valence-electron chi connectivity index (χ1n) is 7.15. The van der Waals surface area contributed by atoms with Gasteiger partial charge in [-0.15, -0.1) is 11.3 Å². The van der Waals surface area contributed by atoms with E-state index in [0.717, 1.165) is 9.75 Å². The zero-order valence-electron chi connectivity index (χ0n) is 13.4. The van der Waals surface area contributed by atoms with E-state index in [1.54, 1.807) is 6.07 Å². The van der Waals surface area contributed by atoms with Gasteiger partial charge in [-0.25, -0.2) is 13.1 Å². The Labute approximate surface area is 132 Å². The van der Waals surface area contributed by atoms with Crippen LogP contribution in [0.5, 0.6) is 0 Å². The van der Waals surface area contributed by atoms with Crippen LogP contribution in [0.2, 0.25) is 0 Å². The van der Waals surface area contributed by atoms with Gasteiger partial charge in [-0.05, 0) is 32.9 Å². The van der Waals surface area contributed by atoms with Gasteiger partial charge in [0.2, 0.25) is 10.0 Å². The van der Waals surface area contributed by atoms with Gasteiger partial charge < -0.3 is 10.1 Å². The van der Waals surface area contributed by atoms with E-state index in [1.165, 1.54) is 11.3 Å². The second-order valence-corrected chi connectivity index (χ2v) is 8.32. The van der Waals surface area contributed by atoms with Gasteiger partial charge in [-0.1, -0.05) is 13.8 Å². The molecule has 0 saturated heterocycles. The SMILES string of the molecule is CCOCC(NS(=O)(=O)c1cc(CNC)sc1C)C(C)C. The van der Waals surface area contributed by atoms with Crippen molar-refractivity contribution in [3.05, 3.63) is 15.8 Å². The Hall–Kier alpha value is -0.470. The summed E-state index contributed by atoms with van der Waals surface area (Å²) in [5.41, 5.74) is 0. The maximum Gasteiger partial charge on any atom is 0.242 e. The molecule has 0 aromatic carbocycles. The van der Waals surface area contributed by atoms with Crippen molar-refractivity contribution in [1.82, 2.24) is 10.0 Å². The smallest absolute Gasteiger partial charge is 0.242 e. The first kappa shape index (κ1) is 18.6. The van der Waals surface area contributed by atoms with Crippen molar-refractivity contribution >= 4 is 21.4 Å². The Morgan fingerprint density at radius 2 is 2.05 bits per heavy atom. The van der Waals surface area contributed by atoms with Gasteiger partial charge in [0.15, 0.2) is 0 Å². The summed E-state index contributed by atoms with van der Waals surface area (Å²) in [7, 11) is -1.66. The summed E-state index contributed by atoms with van der Waals surface area (Å²) in [6.07, 6.45) is 0. The van der Waals surface area contributed by atoms with Crippen molar-refractivity contribution in [2.75, 3.05) is 20.3 Å². The van der Waals surface area contributed by atoms with Crippen LogP contribution < -0.4 is 10.0 Å². The van der Waals surface area contributed by atoms with Crippen LogP contribution >= 0.6 is 11.3 Å². The molecule has 2 N–H and O–H groups in total. The molecule has 1 aromatic rings. The van der Waals surface area contributed by atoms with Crippen LogP contribution in [0.3, 0.4) is 0 Å². The summed E-state index contributed by atoms with van der Waals surface area (Å²) >= 11 is 1.51. The third-order valence-electron chi connectivity index (χ3n) is 3.18. The third-order valence-corrected chi connectivity index (χ3v) is 5.97. The minimum Gasteiger partial charge on any atom is -0.380 e. The van der Waals surface area contributed by atoms with Crippen molar-refractivity contribution in [3.63, 3.8) is 0 Å². The van der Waals surface area contributed by atoms with E-state index < -0.39 is 10.0 Å². The van der Waals surface area contributed by atoms with Crippen LogP contribution in [0.1, 0.15) is 30.5 Å². The fourth-order valence-corrected chi connectivity index (χ4v) is 4.94. The van der Waals surface area contributed by atoms with Gasteiger partial charge in [-0.3, -0.25) is 0 Å². The number of sulfonamides is 1. The first-order chi connectivity index (χ1) is 9.81. The number of hydrogen-bond acceptors (Lipinski definition) is 5. The average Bonchev–Trinajstić information content (AvgIpc) is 2.76. The fourth-order valence-electron chi connectivity index (χ4n) is 1.92. The molecule has 0 aliphatic rings. The monoisotopic (exact) mass is 334 g/mol. The molecule has 1 rings (SSSR count). The summed E-state index contributed by atoms with van der Waals surface area (Å²) < 4.78 is 33.3. The molecule has 0 amide bonds. The lowest BCUT2D eigenvalue weighted by Gasteiger charge is -2.21. The fraction of sp³-hybridized carbons (Fsp3) is 0.714. The Morgan fingerprint density at radius 3 is 2.57 bits per heavy atom. The Bertz CT molecular complexity index is 538. The van der Waals surface area contributed by atoms with Gasteiger partial charge in [0.25, 0.3) is 0 Å². The normalized spacial score (nSPS) is 13.8. The average molecular weight is 335 g/mol. The third kappa shape index (κ3) is 5.34. The lowest BCUT2D eigenvalue weighted by molar-refractivity contribution is 0.116. The lowest BCUT2D eigenvalue weighted by Crippen LogP contribution is -2.41. The van der Waals surface area contributed by atoms with E-state index in [9.17, 15) is 8.42 Å². The molecule has 1 atom stereocenters. The lowest BCUT2D eigenvalue weighted by atomic mass is 10.1. The summed E-state index contributed by atoms with van der Waals surface area (Å²) in [5, 5.41) is 3.04. The van der Waals surface area contributed by atoms with Crippen molar-refractivity contribution in [1.29, 1.82) is 0 Å². The van der Waals surface area contributed by atoms with Crippen LogP contribution in [0.25, 0.3) is 0 Å². The van der Waals surface area contributed by atoms with E-state index in [1.807, 2.05) is 34.7 Å². The molecule has 0 spiro atoms. The zero-order valence-corrected chi connectivity index (χ0v) is 15.0. The van der Waals surface area contributed by atoms with Gasteiger partial charge >= 0.3 is 0 Å². The molecule has 0 saturated carbocycles. The molecule has 5 nitrogen and oxygen atoms in total. The maximum absolute atomic E-state index is 12.6. The predicted octanol–water partition coefficient (Wildman–Crippen LogP) is 2.12. The van der Waals surface area contributed by atoms with Gasteiger partial charge in [0.1, 0.15) is 0 Å². The van der Waals surface area contributed by atoms with Crippen LogP contribution in [-0.2, 0) is 21.3 Å². The van der Waals surface area contributed by atoms with Crippen molar-refractivity contribution in [2.24, 2.45) is 5.92 Å². The molecular weight excluding hydrogens is 308 g/mol. The summed E-state index contributed by atoms with van der Waals surface area (Å²) in [6, 6.07) is 1.53. The van der Waals surface area contributed by atoms with E-state index >= 15 is 0 Å². The van der Waals surface area contributed by atoms with E-state index in [-0.39, 0.29) is 12.0 Å². The van der Waals surface area contributed by atoms with Crippen LogP contribution in [-0.4, -0.2) is 34.7 Å². The van der Waals surface area contributed by atoms with Gasteiger partial charge in [0.05, 0.1) is 11.5 Å². The van der Waals surface area contributed by atoms with Crippen LogP contribution in [0.4, 0.5) is 0 Å². The van der Waals surface area contributed by atoms with Gasteiger partial charge in [0, 0.05) is 28.9 Å². The molecule has 21 heavy (non-hydrogen) atoms. The molecule has 122 valence electrons. The summed E-state index contributed by atoms with van der Waals surface area (Å²) in [4.78, 5) is 2.20. The number of thiophene rings is 1. The number of rotatable bonds is 9. The second-order valence-electron chi connectivity index (χ2n) is 5.29. The van der Waals surface area contributed by atoms with Gasteiger partial charge in [-0.2, -0.15) is 0 Å². The molecule has 1 unspecified atom stereocenters. The minimum absolute atomic E-state index is 0.169. The molecule has 1 heterocycles. The Kier molecular flexibility index (Phi) is 7.29. The molecule has 0 aliphatic carbocycles. The standard InChI is InChI=1S/C14H26N2O3S2/c1-6-19-9-13(10(2)3)16-21(17,18)14-7-12(8-15-5)20-11(14)4/h7,10,13,15-16H,6,8-9H2,1-5H3. The Morgan fingerprint density at radius 1 is 1.38 bits per heavy atom. The van der Waals surface area contributed by atoms with Crippen molar-refractivity contribution in [3.8, 4) is 0 Å². The highest BCUT2D eigenvalue weighted by atomic mass is 32.2. The number of hydrogen-bond donors (Lipinski definition) is 2. The Balaban J connectivity index is 2.93. The number of nitrogens with one attached hydrogen (secondary N) is 2.